The van der Waals surface area contributed by atoms with Crippen molar-refractivity contribution in [2.24, 2.45) is 0 Å². The van der Waals surface area contributed by atoms with E-state index in [0.717, 1.165) is 29.8 Å². The molecule has 2 aliphatic heterocycles. The van der Waals surface area contributed by atoms with Gasteiger partial charge in [0.25, 0.3) is 0 Å². The molecule has 0 aliphatic carbocycles. The average Bonchev–Trinajstić information content (AvgIpc) is 2.70. The standard InChI is InChI=1S/C12H13NO3/c1-15-10-4-5-11-8(6-10)2-3-9-7-16-12(14)13(9)11/h4-6,9H,2-3,7H2,1H3. The highest BCUT2D eigenvalue weighted by atomic mass is 16.6. The van der Waals surface area contributed by atoms with Gasteiger partial charge in [-0.15, -0.1) is 0 Å². The molecule has 84 valence electrons. The van der Waals surface area contributed by atoms with E-state index in [2.05, 4.69) is 0 Å². The molecule has 1 unspecified atom stereocenters. The average molecular weight is 219 g/mol. The molecule has 1 amide bonds. The van der Waals surface area contributed by atoms with Crippen molar-refractivity contribution in [1.29, 1.82) is 0 Å². The largest absolute Gasteiger partial charge is 0.497 e. The number of amides is 1. The number of carbonyl (C=O) groups excluding carboxylic acids is 1. The highest BCUT2D eigenvalue weighted by Crippen LogP contribution is 2.36. The van der Waals surface area contributed by atoms with Gasteiger partial charge in [0.1, 0.15) is 12.4 Å². The van der Waals surface area contributed by atoms with E-state index in [9.17, 15) is 4.79 Å². The Morgan fingerprint density at radius 2 is 2.38 bits per heavy atom. The Balaban J connectivity index is 2.05. The van der Waals surface area contributed by atoms with E-state index in [0.29, 0.717) is 6.61 Å². The van der Waals surface area contributed by atoms with Crippen LogP contribution in [0.4, 0.5) is 10.5 Å². The van der Waals surface area contributed by atoms with Crippen LogP contribution in [0, 0.1) is 0 Å². The molecule has 4 nitrogen and oxygen atoms in total. The normalized spacial score (nSPS) is 22.4. The molecular weight excluding hydrogens is 206 g/mol. The zero-order valence-electron chi connectivity index (χ0n) is 9.10. The molecule has 0 spiro atoms. The first-order valence-corrected chi connectivity index (χ1v) is 5.42. The number of methoxy groups -OCH3 is 1. The lowest BCUT2D eigenvalue weighted by molar-refractivity contribution is 0.178. The lowest BCUT2D eigenvalue weighted by atomic mass is 9.97. The van der Waals surface area contributed by atoms with Gasteiger partial charge in [0, 0.05) is 0 Å². The topological polar surface area (TPSA) is 38.8 Å². The SMILES string of the molecule is COc1ccc2c(c1)CCC1COC(=O)N21. The third kappa shape index (κ3) is 1.26. The maximum Gasteiger partial charge on any atom is 0.414 e. The highest BCUT2D eigenvalue weighted by Gasteiger charge is 2.37. The van der Waals surface area contributed by atoms with Crippen LogP contribution in [-0.2, 0) is 11.2 Å². The van der Waals surface area contributed by atoms with Gasteiger partial charge in [-0.25, -0.2) is 4.79 Å². The number of benzene rings is 1. The second kappa shape index (κ2) is 3.40. The molecule has 0 saturated carbocycles. The van der Waals surface area contributed by atoms with Crippen molar-refractivity contribution in [3.05, 3.63) is 23.8 Å². The minimum atomic E-state index is -0.226. The van der Waals surface area contributed by atoms with Crippen molar-refractivity contribution in [2.75, 3.05) is 18.6 Å². The van der Waals surface area contributed by atoms with Gasteiger partial charge in [0.2, 0.25) is 0 Å². The van der Waals surface area contributed by atoms with E-state index >= 15 is 0 Å². The molecule has 3 rings (SSSR count). The van der Waals surface area contributed by atoms with E-state index in [1.54, 1.807) is 12.0 Å². The summed E-state index contributed by atoms with van der Waals surface area (Å²) in [4.78, 5) is 13.4. The van der Waals surface area contributed by atoms with Gasteiger partial charge in [-0.2, -0.15) is 0 Å². The summed E-state index contributed by atoms with van der Waals surface area (Å²) in [5.74, 6) is 0.838. The molecule has 0 bridgehead atoms. The molecule has 1 fully saturated rings. The molecule has 0 aromatic heterocycles. The number of ether oxygens (including phenoxy) is 2. The number of cyclic esters (lactones) is 1. The predicted molar refractivity (Wildman–Crippen MR) is 58.9 cm³/mol. The highest BCUT2D eigenvalue weighted by molar-refractivity contribution is 5.92. The fourth-order valence-electron chi connectivity index (χ4n) is 2.41. The van der Waals surface area contributed by atoms with Gasteiger partial charge in [0.15, 0.2) is 0 Å². The van der Waals surface area contributed by atoms with Gasteiger partial charge in [0.05, 0.1) is 18.8 Å². The summed E-state index contributed by atoms with van der Waals surface area (Å²) in [6, 6.07) is 6.03. The number of anilines is 1. The first kappa shape index (κ1) is 9.51. The van der Waals surface area contributed by atoms with Crippen LogP contribution in [0.15, 0.2) is 18.2 Å². The maximum atomic E-state index is 11.6. The van der Waals surface area contributed by atoms with E-state index < -0.39 is 0 Å². The lowest BCUT2D eigenvalue weighted by Crippen LogP contribution is -2.37. The second-order valence-corrected chi connectivity index (χ2v) is 4.13. The maximum absolute atomic E-state index is 11.6. The fraction of sp³-hybridized carbons (Fsp3) is 0.417. The molecule has 0 N–H and O–H groups in total. The molecule has 1 saturated heterocycles. The molecule has 2 aliphatic rings. The summed E-state index contributed by atoms with van der Waals surface area (Å²) in [6.07, 6.45) is 1.71. The first-order valence-electron chi connectivity index (χ1n) is 5.42. The Bertz CT molecular complexity index is 444. The van der Waals surface area contributed by atoms with Crippen LogP contribution in [-0.4, -0.2) is 25.9 Å². The number of nitrogens with zero attached hydrogens (tertiary/aromatic N) is 1. The van der Waals surface area contributed by atoms with Crippen LogP contribution < -0.4 is 9.64 Å². The number of carbonyl (C=O) groups is 1. The second-order valence-electron chi connectivity index (χ2n) is 4.13. The quantitative estimate of drug-likeness (QED) is 0.724. The molecule has 2 heterocycles. The van der Waals surface area contributed by atoms with Gasteiger partial charge < -0.3 is 9.47 Å². The van der Waals surface area contributed by atoms with E-state index in [1.165, 1.54) is 0 Å². The van der Waals surface area contributed by atoms with Crippen LogP contribution >= 0.6 is 0 Å². The van der Waals surface area contributed by atoms with Crippen molar-refractivity contribution >= 4 is 11.8 Å². The fourth-order valence-corrected chi connectivity index (χ4v) is 2.41. The Hall–Kier alpha value is -1.71. The van der Waals surface area contributed by atoms with Crippen molar-refractivity contribution in [2.45, 2.75) is 18.9 Å². The van der Waals surface area contributed by atoms with Gasteiger partial charge >= 0.3 is 6.09 Å². The Kier molecular flexibility index (Phi) is 2.02. The van der Waals surface area contributed by atoms with Gasteiger partial charge in [-0.05, 0) is 36.6 Å². The van der Waals surface area contributed by atoms with Crippen molar-refractivity contribution in [1.82, 2.24) is 0 Å². The summed E-state index contributed by atoms with van der Waals surface area (Å²) in [6.45, 7) is 0.518. The predicted octanol–water partition coefficient (Wildman–Crippen LogP) is 1.97. The van der Waals surface area contributed by atoms with Gasteiger partial charge in [-0.1, -0.05) is 0 Å². The number of hydrogen-bond donors (Lipinski definition) is 0. The number of aryl methyl sites for hydroxylation is 1. The molecule has 4 heteroatoms. The number of fused-ring (bicyclic) bond motifs is 3. The van der Waals surface area contributed by atoms with Crippen LogP contribution in [0.1, 0.15) is 12.0 Å². The van der Waals surface area contributed by atoms with E-state index in [4.69, 9.17) is 9.47 Å². The molecule has 1 aromatic rings. The van der Waals surface area contributed by atoms with Gasteiger partial charge in [-0.3, -0.25) is 4.90 Å². The third-order valence-corrected chi connectivity index (χ3v) is 3.25. The van der Waals surface area contributed by atoms with Crippen LogP contribution in [0.5, 0.6) is 5.75 Å². The van der Waals surface area contributed by atoms with Crippen LogP contribution in [0.25, 0.3) is 0 Å². The summed E-state index contributed by atoms with van der Waals surface area (Å²) in [5, 5.41) is 0. The summed E-state index contributed by atoms with van der Waals surface area (Å²) in [5.41, 5.74) is 2.13. The van der Waals surface area contributed by atoms with E-state index in [1.807, 2.05) is 18.2 Å². The summed E-state index contributed by atoms with van der Waals surface area (Å²) < 4.78 is 10.3. The van der Waals surface area contributed by atoms with Crippen molar-refractivity contribution in [3.63, 3.8) is 0 Å². The first-order chi connectivity index (χ1) is 7.79. The van der Waals surface area contributed by atoms with Crippen molar-refractivity contribution in [3.8, 4) is 5.75 Å². The monoisotopic (exact) mass is 219 g/mol. The Morgan fingerprint density at radius 1 is 1.50 bits per heavy atom. The molecule has 1 atom stereocenters. The van der Waals surface area contributed by atoms with Crippen LogP contribution in [0.3, 0.4) is 0 Å². The minimum Gasteiger partial charge on any atom is -0.497 e. The molecular formula is C12H13NO3. The Labute approximate surface area is 93.8 Å². The molecule has 16 heavy (non-hydrogen) atoms. The smallest absolute Gasteiger partial charge is 0.414 e. The summed E-state index contributed by atoms with van der Waals surface area (Å²) >= 11 is 0. The van der Waals surface area contributed by atoms with E-state index in [-0.39, 0.29) is 12.1 Å². The van der Waals surface area contributed by atoms with Crippen LogP contribution in [0.2, 0.25) is 0 Å². The number of hydrogen-bond acceptors (Lipinski definition) is 3. The summed E-state index contributed by atoms with van der Waals surface area (Å²) in [7, 11) is 1.65. The lowest BCUT2D eigenvalue weighted by Gasteiger charge is -2.29. The number of rotatable bonds is 1. The third-order valence-electron chi connectivity index (χ3n) is 3.25. The molecule has 1 aromatic carbocycles. The minimum absolute atomic E-state index is 0.216. The molecule has 0 radical (unpaired) electrons. The Morgan fingerprint density at radius 3 is 3.19 bits per heavy atom. The zero-order valence-corrected chi connectivity index (χ0v) is 9.10. The zero-order chi connectivity index (χ0) is 11.1. The van der Waals surface area contributed by atoms with Crippen molar-refractivity contribution < 1.29 is 14.3 Å².